The van der Waals surface area contributed by atoms with Crippen molar-refractivity contribution < 1.29 is 30.3 Å². The molecule has 5 N–H and O–H groups in total. The van der Waals surface area contributed by atoms with Crippen LogP contribution in [0.1, 0.15) is 22.3 Å². The lowest BCUT2D eigenvalue weighted by atomic mass is 9.87. The number of halogens is 1. The zero-order valence-electron chi connectivity index (χ0n) is 14.9. The van der Waals surface area contributed by atoms with Gasteiger partial charge in [0.1, 0.15) is 24.4 Å². The van der Waals surface area contributed by atoms with E-state index in [1.165, 1.54) is 6.07 Å². The number of hydrogen-bond acceptors (Lipinski definition) is 6. The number of aliphatic hydroxyl groups excluding tert-OH is 4. The molecule has 2 aromatic carbocycles. The highest BCUT2D eigenvalue weighted by molar-refractivity contribution is 6.31. The average molecular weight is 405 g/mol. The molecule has 0 aromatic heterocycles. The molecule has 1 heterocycles. The fourth-order valence-corrected chi connectivity index (χ4v) is 3.45. The molecule has 0 unspecified atom stereocenters. The van der Waals surface area contributed by atoms with E-state index in [2.05, 4.69) is 5.92 Å². The van der Waals surface area contributed by atoms with Crippen LogP contribution >= 0.6 is 11.6 Å². The SMILES string of the molecule is C#Cc1ccc(Cc2cc([C@]3(O)O[C@H](CO)[C@@H](O)[C@H](O)[C@H]3O)ccc2Cl)cc1. The summed E-state index contributed by atoms with van der Waals surface area (Å²) >= 11 is 6.29. The molecule has 148 valence electrons. The van der Waals surface area contributed by atoms with Gasteiger partial charge in [0, 0.05) is 16.1 Å². The molecular weight excluding hydrogens is 384 g/mol. The maximum absolute atomic E-state index is 10.9. The minimum Gasteiger partial charge on any atom is -0.394 e. The van der Waals surface area contributed by atoms with Gasteiger partial charge in [-0.2, -0.15) is 0 Å². The first-order chi connectivity index (χ1) is 13.3. The van der Waals surface area contributed by atoms with Gasteiger partial charge in [0.15, 0.2) is 0 Å². The van der Waals surface area contributed by atoms with Crippen LogP contribution in [0.4, 0.5) is 0 Å². The molecule has 1 aliphatic rings. The Bertz CT molecular complexity index is 875. The summed E-state index contributed by atoms with van der Waals surface area (Å²) in [5.41, 5.74) is 2.47. The Morgan fingerprint density at radius 2 is 1.75 bits per heavy atom. The summed E-state index contributed by atoms with van der Waals surface area (Å²) in [7, 11) is 0. The van der Waals surface area contributed by atoms with Crippen molar-refractivity contribution in [2.24, 2.45) is 0 Å². The van der Waals surface area contributed by atoms with E-state index in [0.717, 1.165) is 11.1 Å². The summed E-state index contributed by atoms with van der Waals surface area (Å²) < 4.78 is 5.36. The average Bonchev–Trinajstić information content (AvgIpc) is 2.71. The first kappa shape index (κ1) is 20.8. The normalized spacial score (nSPS) is 30.0. The zero-order valence-corrected chi connectivity index (χ0v) is 15.6. The third-order valence-corrected chi connectivity index (χ3v) is 5.31. The number of terminal acetylenes is 1. The lowest BCUT2D eigenvalue weighted by Gasteiger charge is -2.45. The van der Waals surface area contributed by atoms with E-state index in [-0.39, 0.29) is 5.56 Å². The maximum Gasteiger partial charge on any atom is 0.222 e. The lowest BCUT2D eigenvalue weighted by molar-refractivity contribution is -0.357. The quantitative estimate of drug-likeness (QED) is 0.475. The van der Waals surface area contributed by atoms with Crippen molar-refractivity contribution in [2.75, 3.05) is 6.61 Å². The molecule has 1 aliphatic heterocycles. The van der Waals surface area contributed by atoms with Crippen molar-refractivity contribution in [1.29, 1.82) is 0 Å². The molecule has 0 aliphatic carbocycles. The van der Waals surface area contributed by atoms with Crippen LogP contribution in [0.2, 0.25) is 5.02 Å². The number of hydrogen-bond donors (Lipinski definition) is 5. The monoisotopic (exact) mass is 404 g/mol. The first-order valence-corrected chi connectivity index (χ1v) is 9.07. The number of ether oxygens (including phenoxy) is 1. The van der Waals surface area contributed by atoms with Crippen LogP contribution in [-0.4, -0.2) is 56.6 Å². The molecule has 2 aromatic rings. The van der Waals surface area contributed by atoms with Crippen molar-refractivity contribution in [3.63, 3.8) is 0 Å². The van der Waals surface area contributed by atoms with E-state index in [1.807, 2.05) is 12.1 Å². The highest BCUT2D eigenvalue weighted by atomic mass is 35.5. The molecule has 28 heavy (non-hydrogen) atoms. The summed E-state index contributed by atoms with van der Waals surface area (Å²) in [5, 5.41) is 51.0. The summed E-state index contributed by atoms with van der Waals surface area (Å²) in [6, 6.07) is 11.9. The minimum absolute atomic E-state index is 0.143. The van der Waals surface area contributed by atoms with E-state index in [4.69, 9.17) is 22.8 Å². The Labute approximate surface area is 167 Å². The standard InChI is InChI=1S/C21H21ClO6/c1-2-12-3-5-13(6-4-12)9-14-10-15(7-8-16(14)22)21(27)20(26)19(25)18(24)17(11-23)28-21/h1,3-8,10,17-20,23-27H,9,11H2/t17-,18-,19+,20-,21+/m1/s1. The third-order valence-electron chi connectivity index (χ3n) is 4.94. The maximum atomic E-state index is 10.9. The second-order valence-corrected chi connectivity index (χ2v) is 7.19. The van der Waals surface area contributed by atoms with Gasteiger partial charge in [-0.1, -0.05) is 35.7 Å². The molecule has 7 heteroatoms. The van der Waals surface area contributed by atoms with Crippen molar-refractivity contribution in [1.82, 2.24) is 0 Å². The van der Waals surface area contributed by atoms with E-state index < -0.39 is 36.8 Å². The van der Waals surface area contributed by atoms with Crippen molar-refractivity contribution in [2.45, 2.75) is 36.6 Å². The van der Waals surface area contributed by atoms with E-state index in [1.54, 1.807) is 24.3 Å². The van der Waals surface area contributed by atoms with E-state index in [9.17, 15) is 25.5 Å². The lowest BCUT2D eigenvalue weighted by Crippen LogP contribution is -2.63. The molecule has 0 spiro atoms. The zero-order chi connectivity index (χ0) is 20.5. The van der Waals surface area contributed by atoms with E-state index in [0.29, 0.717) is 17.0 Å². The fraction of sp³-hybridized carbons (Fsp3) is 0.333. The van der Waals surface area contributed by atoms with Crippen LogP contribution in [-0.2, 0) is 16.9 Å². The Kier molecular flexibility index (Phi) is 6.08. The Morgan fingerprint density at radius 1 is 1.07 bits per heavy atom. The molecule has 3 rings (SSSR count). The molecule has 6 nitrogen and oxygen atoms in total. The largest absolute Gasteiger partial charge is 0.394 e. The van der Waals surface area contributed by atoms with Crippen molar-refractivity contribution in [3.8, 4) is 12.3 Å². The van der Waals surface area contributed by atoms with Crippen LogP contribution in [0.5, 0.6) is 0 Å². The Hall–Kier alpha value is -1.95. The van der Waals surface area contributed by atoms with E-state index >= 15 is 0 Å². The van der Waals surface area contributed by atoms with Gasteiger partial charge in [-0.3, -0.25) is 0 Å². The molecule has 5 atom stereocenters. The molecular formula is C21H21ClO6. The number of benzene rings is 2. The van der Waals surface area contributed by atoms with Crippen LogP contribution < -0.4 is 0 Å². The van der Waals surface area contributed by atoms with Crippen LogP contribution in [0.15, 0.2) is 42.5 Å². The predicted octanol–water partition coefficient (Wildman–Crippen LogP) is 0.531. The third kappa shape index (κ3) is 3.79. The second-order valence-electron chi connectivity index (χ2n) is 6.79. The smallest absolute Gasteiger partial charge is 0.222 e. The highest BCUT2D eigenvalue weighted by Gasteiger charge is 2.53. The van der Waals surface area contributed by atoms with Crippen molar-refractivity contribution in [3.05, 3.63) is 69.7 Å². The summed E-state index contributed by atoms with van der Waals surface area (Å²) in [4.78, 5) is 0. The van der Waals surface area contributed by atoms with Gasteiger partial charge < -0.3 is 30.3 Å². The second kappa shape index (κ2) is 8.19. The Morgan fingerprint density at radius 3 is 2.36 bits per heavy atom. The van der Waals surface area contributed by atoms with Gasteiger partial charge in [-0.05, 0) is 41.8 Å². The van der Waals surface area contributed by atoms with Crippen LogP contribution in [0.3, 0.4) is 0 Å². The molecule has 0 bridgehead atoms. The van der Waals surface area contributed by atoms with Crippen molar-refractivity contribution >= 4 is 11.6 Å². The Balaban J connectivity index is 1.94. The fourth-order valence-electron chi connectivity index (χ4n) is 3.26. The summed E-state index contributed by atoms with van der Waals surface area (Å²) in [6.45, 7) is -0.644. The number of rotatable bonds is 4. The van der Waals surface area contributed by atoms with Crippen LogP contribution in [0, 0.1) is 12.3 Å². The highest BCUT2D eigenvalue weighted by Crippen LogP contribution is 2.37. The first-order valence-electron chi connectivity index (χ1n) is 8.70. The van der Waals surface area contributed by atoms with Gasteiger partial charge in [-0.15, -0.1) is 6.42 Å². The molecule has 0 amide bonds. The summed E-state index contributed by atoms with van der Waals surface area (Å²) in [5.74, 6) is 0.220. The van der Waals surface area contributed by atoms with Gasteiger partial charge in [0.25, 0.3) is 0 Å². The molecule has 1 fully saturated rings. The molecule has 0 radical (unpaired) electrons. The molecule has 1 saturated heterocycles. The topological polar surface area (TPSA) is 110 Å². The van der Waals surface area contributed by atoms with Gasteiger partial charge in [0.2, 0.25) is 5.79 Å². The number of aliphatic hydroxyl groups is 5. The molecule has 0 saturated carbocycles. The predicted molar refractivity (Wildman–Crippen MR) is 103 cm³/mol. The minimum atomic E-state index is -2.32. The van der Waals surface area contributed by atoms with Gasteiger partial charge in [0.05, 0.1) is 6.61 Å². The van der Waals surface area contributed by atoms with Gasteiger partial charge >= 0.3 is 0 Å². The summed E-state index contributed by atoms with van der Waals surface area (Å²) in [6.07, 6.45) is -0.546. The van der Waals surface area contributed by atoms with Crippen LogP contribution in [0.25, 0.3) is 0 Å². The van der Waals surface area contributed by atoms with Gasteiger partial charge in [-0.25, -0.2) is 0 Å².